The SMILES string of the molecule is O=C1[N]C2CCCCC2N1. The monoisotopic (exact) mass is 139 g/mol. The van der Waals surface area contributed by atoms with Crippen LogP contribution >= 0.6 is 0 Å². The molecule has 2 unspecified atom stereocenters. The lowest BCUT2D eigenvalue weighted by Crippen LogP contribution is -2.34. The number of rotatable bonds is 0. The summed E-state index contributed by atoms with van der Waals surface area (Å²) in [7, 11) is 0. The van der Waals surface area contributed by atoms with Crippen LogP contribution < -0.4 is 10.6 Å². The average Bonchev–Trinajstić information content (AvgIpc) is 2.27. The molecule has 2 amide bonds. The molecule has 1 aliphatic carbocycles. The van der Waals surface area contributed by atoms with Crippen LogP contribution in [0.4, 0.5) is 4.79 Å². The second kappa shape index (κ2) is 2.15. The van der Waals surface area contributed by atoms with Crippen LogP contribution in [0.15, 0.2) is 0 Å². The first-order chi connectivity index (χ1) is 4.86. The van der Waals surface area contributed by atoms with Crippen LogP contribution in [0.2, 0.25) is 0 Å². The van der Waals surface area contributed by atoms with Crippen molar-refractivity contribution in [1.82, 2.24) is 10.6 Å². The molecule has 2 rings (SSSR count). The Morgan fingerprint density at radius 1 is 1.40 bits per heavy atom. The zero-order chi connectivity index (χ0) is 6.97. The van der Waals surface area contributed by atoms with Crippen molar-refractivity contribution in [3.05, 3.63) is 0 Å². The number of carbonyl (C=O) groups is 1. The molecule has 0 spiro atoms. The van der Waals surface area contributed by atoms with Crippen molar-refractivity contribution in [3.8, 4) is 0 Å². The van der Waals surface area contributed by atoms with Crippen molar-refractivity contribution >= 4 is 6.03 Å². The van der Waals surface area contributed by atoms with Crippen LogP contribution in [0, 0.1) is 0 Å². The van der Waals surface area contributed by atoms with E-state index < -0.39 is 0 Å². The number of nitrogens with zero attached hydrogens (tertiary/aromatic N) is 1. The van der Waals surface area contributed by atoms with Gasteiger partial charge in [-0.15, -0.1) is 0 Å². The Morgan fingerprint density at radius 3 is 3.00 bits per heavy atom. The van der Waals surface area contributed by atoms with E-state index in [1.807, 2.05) is 0 Å². The molecule has 3 heteroatoms. The van der Waals surface area contributed by atoms with Gasteiger partial charge in [0.25, 0.3) is 0 Å². The lowest BCUT2D eigenvalue weighted by molar-refractivity contribution is 0.246. The van der Waals surface area contributed by atoms with Gasteiger partial charge in [0.2, 0.25) is 0 Å². The molecule has 1 heterocycles. The molecular weight excluding hydrogens is 128 g/mol. The topological polar surface area (TPSA) is 43.2 Å². The van der Waals surface area contributed by atoms with Gasteiger partial charge in [0.15, 0.2) is 0 Å². The molecule has 0 aromatic rings. The minimum absolute atomic E-state index is 0.100. The highest BCUT2D eigenvalue weighted by Gasteiger charge is 2.34. The van der Waals surface area contributed by atoms with E-state index in [1.54, 1.807) is 0 Å². The standard InChI is InChI=1S/C7H11N2O/c10-7-8-5-3-1-2-4-6(5)9-7/h5-6H,1-4H2,(H,8,10). The van der Waals surface area contributed by atoms with Gasteiger partial charge >= 0.3 is 6.03 Å². The minimum atomic E-state index is -0.100. The summed E-state index contributed by atoms with van der Waals surface area (Å²) in [6, 6.07) is 0.583. The fraction of sp³-hybridized carbons (Fsp3) is 0.857. The molecule has 1 saturated carbocycles. The van der Waals surface area contributed by atoms with Gasteiger partial charge in [-0.2, -0.15) is 0 Å². The minimum Gasteiger partial charge on any atom is -0.332 e. The molecule has 1 N–H and O–H groups in total. The Kier molecular flexibility index (Phi) is 1.29. The van der Waals surface area contributed by atoms with E-state index in [4.69, 9.17) is 0 Å². The zero-order valence-corrected chi connectivity index (χ0v) is 5.84. The largest absolute Gasteiger partial charge is 0.336 e. The third kappa shape index (κ3) is 0.856. The van der Waals surface area contributed by atoms with Crippen LogP contribution in [0.3, 0.4) is 0 Å². The summed E-state index contributed by atoms with van der Waals surface area (Å²) in [4.78, 5) is 10.7. The van der Waals surface area contributed by atoms with Crippen molar-refractivity contribution in [3.63, 3.8) is 0 Å². The predicted octanol–water partition coefficient (Wildman–Crippen LogP) is 0.625. The molecule has 1 saturated heterocycles. The Labute approximate surface area is 60.2 Å². The van der Waals surface area contributed by atoms with Gasteiger partial charge in [0, 0.05) is 0 Å². The lowest BCUT2D eigenvalue weighted by atomic mass is 9.92. The van der Waals surface area contributed by atoms with Crippen LogP contribution in [-0.4, -0.2) is 18.1 Å². The molecule has 2 atom stereocenters. The number of nitrogens with one attached hydrogen (secondary N) is 1. The van der Waals surface area contributed by atoms with Crippen molar-refractivity contribution < 1.29 is 4.79 Å². The van der Waals surface area contributed by atoms with E-state index in [9.17, 15) is 4.79 Å². The highest BCUT2D eigenvalue weighted by atomic mass is 16.2. The van der Waals surface area contributed by atoms with Crippen LogP contribution in [-0.2, 0) is 0 Å². The Bertz CT molecular complexity index is 142. The smallest absolute Gasteiger partial charge is 0.332 e. The van der Waals surface area contributed by atoms with Gasteiger partial charge < -0.3 is 5.32 Å². The summed E-state index contributed by atoms with van der Waals surface area (Å²) in [6.45, 7) is 0. The fourth-order valence-electron chi connectivity index (χ4n) is 1.78. The van der Waals surface area contributed by atoms with Crippen LogP contribution in [0.1, 0.15) is 25.7 Å². The van der Waals surface area contributed by atoms with Gasteiger partial charge in [-0.05, 0) is 12.8 Å². The van der Waals surface area contributed by atoms with E-state index in [0.29, 0.717) is 12.1 Å². The third-order valence-electron chi connectivity index (χ3n) is 2.32. The quantitative estimate of drug-likeness (QED) is 0.525. The summed E-state index contributed by atoms with van der Waals surface area (Å²) in [5.41, 5.74) is 0. The summed E-state index contributed by atoms with van der Waals surface area (Å²) in [5, 5.41) is 6.81. The highest BCUT2D eigenvalue weighted by molar-refractivity contribution is 5.77. The second-order valence-electron chi connectivity index (χ2n) is 3.04. The molecular formula is C7H11N2O. The normalized spacial score (nSPS) is 38.2. The van der Waals surface area contributed by atoms with E-state index >= 15 is 0 Å². The third-order valence-corrected chi connectivity index (χ3v) is 2.32. The summed E-state index contributed by atoms with van der Waals surface area (Å²) < 4.78 is 0. The maximum Gasteiger partial charge on any atom is 0.336 e. The van der Waals surface area contributed by atoms with E-state index in [1.165, 1.54) is 12.8 Å². The molecule has 1 radical (unpaired) electrons. The van der Waals surface area contributed by atoms with Gasteiger partial charge in [-0.3, -0.25) is 0 Å². The van der Waals surface area contributed by atoms with Crippen molar-refractivity contribution in [1.29, 1.82) is 0 Å². The first-order valence-corrected chi connectivity index (χ1v) is 3.87. The zero-order valence-electron chi connectivity index (χ0n) is 5.84. The van der Waals surface area contributed by atoms with Crippen molar-refractivity contribution in [2.75, 3.05) is 0 Å². The van der Waals surface area contributed by atoms with E-state index in [2.05, 4.69) is 10.6 Å². The number of urea groups is 1. The van der Waals surface area contributed by atoms with Crippen LogP contribution in [0.5, 0.6) is 0 Å². The molecule has 2 fully saturated rings. The number of hydrogen-bond donors (Lipinski definition) is 1. The second-order valence-corrected chi connectivity index (χ2v) is 3.04. The summed E-state index contributed by atoms with van der Waals surface area (Å²) in [5.74, 6) is 0. The Hall–Kier alpha value is -0.730. The fourth-order valence-corrected chi connectivity index (χ4v) is 1.78. The molecule has 2 aliphatic rings. The number of fused-ring (bicyclic) bond motifs is 1. The number of amides is 2. The Balaban J connectivity index is 2.04. The van der Waals surface area contributed by atoms with Gasteiger partial charge in [0.1, 0.15) is 0 Å². The van der Waals surface area contributed by atoms with E-state index in [0.717, 1.165) is 12.8 Å². The Morgan fingerprint density at radius 2 is 2.20 bits per heavy atom. The molecule has 55 valence electrons. The molecule has 0 aromatic heterocycles. The van der Waals surface area contributed by atoms with Crippen LogP contribution in [0.25, 0.3) is 0 Å². The van der Waals surface area contributed by atoms with Crippen molar-refractivity contribution in [2.45, 2.75) is 37.8 Å². The number of carbonyl (C=O) groups excluding carboxylic acids is 1. The maximum absolute atomic E-state index is 10.7. The summed E-state index contributed by atoms with van der Waals surface area (Å²) in [6.07, 6.45) is 4.71. The predicted molar refractivity (Wildman–Crippen MR) is 36.7 cm³/mol. The van der Waals surface area contributed by atoms with Gasteiger partial charge in [0.05, 0.1) is 12.1 Å². The van der Waals surface area contributed by atoms with Gasteiger partial charge in [-0.1, -0.05) is 12.8 Å². The molecule has 0 aromatic carbocycles. The lowest BCUT2D eigenvalue weighted by Gasteiger charge is -2.21. The highest BCUT2D eigenvalue weighted by Crippen LogP contribution is 2.22. The molecule has 3 nitrogen and oxygen atoms in total. The summed E-state index contributed by atoms with van der Waals surface area (Å²) >= 11 is 0. The maximum atomic E-state index is 10.7. The molecule has 0 bridgehead atoms. The van der Waals surface area contributed by atoms with Gasteiger partial charge in [-0.25, -0.2) is 10.1 Å². The van der Waals surface area contributed by atoms with Crippen molar-refractivity contribution in [2.24, 2.45) is 0 Å². The first kappa shape index (κ1) is 6.01. The number of hydrogen-bond acceptors (Lipinski definition) is 1. The molecule has 1 aliphatic heterocycles. The van der Waals surface area contributed by atoms with E-state index in [-0.39, 0.29) is 6.03 Å². The first-order valence-electron chi connectivity index (χ1n) is 3.87. The molecule has 10 heavy (non-hydrogen) atoms. The average molecular weight is 139 g/mol.